The summed E-state index contributed by atoms with van der Waals surface area (Å²) in [5.74, 6) is 0.338. The fraction of sp³-hybridized carbons (Fsp3) is 0.714. The van der Waals surface area contributed by atoms with E-state index < -0.39 is 0 Å². The monoisotopic (exact) mass is 346 g/mol. The molecule has 4 nitrogen and oxygen atoms in total. The molecule has 0 unspecified atom stereocenters. The van der Waals surface area contributed by atoms with Crippen molar-refractivity contribution in [3.8, 4) is 5.75 Å². The lowest BCUT2D eigenvalue weighted by atomic mass is 9.89. The van der Waals surface area contributed by atoms with Crippen molar-refractivity contribution in [3.05, 3.63) is 29.8 Å². The molecule has 0 radical (unpaired) electrons. The lowest BCUT2D eigenvalue weighted by Crippen LogP contribution is -2.52. The van der Waals surface area contributed by atoms with Gasteiger partial charge in [0, 0.05) is 31.2 Å². The third-order valence-electron chi connectivity index (χ3n) is 6.02. The molecular formula is C21H34N2O2. The Hall–Kier alpha value is -1.10. The van der Waals surface area contributed by atoms with Crippen LogP contribution in [0.15, 0.2) is 24.3 Å². The molecule has 1 aliphatic carbocycles. The maximum Gasteiger partial charge on any atom is 0.115 e. The maximum atomic E-state index is 10.3. The molecule has 2 aliphatic rings. The second-order valence-electron chi connectivity index (χ2n) is 8.00. The van der Waals surface area contributed by atoms with Crippen LogP contribution in [-0.2, 0) is 6.42 Å². The van der Waals surface area contributed by atoms with Crippen LogP contribution in [0.3, 0.4) is 0 Å². The molecule has 1 saturated heterocycles. The number of rotatable bonds is 6. The number of benzene rings is 1. The largest absolute Gasteiger partial charge is 0.508 e. The molecule has 3 rings (SSSR count). The zero-order valence-corrected chi connectivity index (χ0v) is 15.5. The van der Waals surface area contributed by atoms with Crippen molar-refractivity contribution in [3.63, 3.8) is 0 Å². The van der Waals surface area contributed by atoms with Crippen LogP contribution in [0.5, 0.6) is 5.75 Å². The van der Waals surface area contributed by atoms with Gasteiger partial charge in [0.2, 0.25) is 0 Å². The average molecular weight is 347 g/mol. The summed E-state index contributed by atoms with van der Waals surface area (Å²) < 4.78 is 0. The molecule has 1 aromatic carbocycles. The zero-order chi connectivity index (χ0) is 17.6. The minimum Gasteiger partial charge on any atom is -0.508 e. The highest BCUT2D eigenvalue weighted by molar-refractivity contribution is 5.25. The Bertz CT molecular complexity index is 511. The number of hydrogen-bond acceptors (Lipinski definition) is 4. The normalized spacial score (nSPS) is 27.3. The number of piperidine rings is 1. The number of nitrogens with one attached hydrogen (secondary N) is 1. The third kappa shape index (κ3) is 5.44. The van der Waals surface area contributed by atoms with Crippen molar-refractivity contribution in [1.82, 2.24) is 10.2 Å². The number of phenolic OH excluding ortho intramolecular Hbond substituents is 1. The Morgan fingerprint density at radius 3 is 2.44 bits per heavy atom. The first-order valence-corrected chi connectivity index (χ1v) is 10.1. The van der Waals surface area contributed by atoms with E-state index >= 15 is 0 Å². The van der Waals surface area contributed by atoms with Crippen LogP contribution in [0, 0.1) is 0 Å². The van der Waals surface area contributed by atoms with Crippen LogP contribution in [-0.4, -0.2) is 52.4 Å². The predicted molar refractivity (Wildman–Crippen MR) is 102 cm³/mol. The number of likely N-dealkylation sites (tertiary alicyclic amines) is 1. The Morgan fingerprint density at radius 2 is 1.76 bits per heavy atom. The Morgan fingerprint density at radius 1 is 1.08 bits per heavy atom. The van der Waals surface area contributed by atoms with Gasteiger partial charge in [-0.1, -0.05) is 25.0 Å². The van der Waals surface area contributed by atoms with Crippen molar-refractivity contribution in [2.24, 2.45) is 0 Å². The first-order chi connectivity index (χ1) is 12.1. The van der Waals surface area contributed by atoms with E-state index in [2.05, 4.69) is 17.1 Å². The Labute approximate surface area is 152 Å². The van der Waals surface area contributed by atoms with Gasteiger partial charge in [-0.15, -0.1) is 0 Å². The first-order valence-electron chi connectivity index (χ1n) is 10.1. The topological polar surface area (TPSA) is 55.7 Å². The van der Waals surface area contributed by atoms with Crippen LogP contribution in [0.2, 0.25) is 0 Å². The molecule has 4 heteroatoms. The van der Waals surface area contributed by atoms with E-state index in [1.54, 1.807) is 12.1 Å². The second kappa shape index (κ2) is 9.02. The van der Waals surface area contributed by atoms with Gasteiger partial charge in [-0.25, -0.2) is 0 Å². The van der Waals surface area contributed by atoms with E-state index in [0.29, 0.717) is 23.9 Å². The van der Waals surface area contributed by atoms with Crippen molar-refractivity contribution in [2.45, 2.75) is 82.5 Å². The van der Waals surface area contributed by atoms with Crippen molar-refractivity contribution in [1.29, 1.82) is 0 Å². The number of hydrogen-bond donors (Lipinski definition) is 3. The van der Waals surface area contributed by atoms with Gasteiger partial charge in [0.05, 0.1) is 6.10 Å². The van der Waals surface area contributed by atoms with E-state index in [4.69, 9.17) is 0 Å². The molecule has 3 atom stereocenters. The summed E-state index contributed by atoms with van der Waals surface area (Å²) >= 11 is 0. The van der Waals surface area contributed by atoms with Crippen molar-refractivity contribution in [2.75, 3.05) is 13.1 Å². The fourth-order valence-corrected chi connectivity index (χ4v) is 4.45. The lowest BCUT2D eigenvalue weighted by molar-refractivity contribution is 0.00667. The van der Waals surface area contributed by atoms with Gasteiger partial charge in [-0.05, 0) is 63.1 Å². The molecule has 0 aromatic heterocycles. The molecule has 0 spiro atoms. The second-order valence-corrected chi connectivity index (χ2v) is 8.00. The molecular weight excluding hydrogens is 312 g/mol. The maximum absolute atomic E-state index is 10.3. The van der Waals surface area contributed by atoms with Gasteiger partial charge in [-0.3, -0.25) is 4.90 Å². The van der Waals surface area contributed by atoms with Crippen LogP contribution in [0.1, 0.15) is 57.4 Å². The molecule has 25 heavy (non-hydrogen) atoms. The minimum atomic E-state index is -0.109. The van der Waals surface area contributed by atoms with Gasteiger partial charge < -0.3 is 15.5 Å². The molecule has 140 valence electrons. The summed E-state index contributed by atoms with van der Waals surface area (Å²) in [4.78, 5) is 2.53. The summed E-state index contributed by atoms with van der Waals surface area (Å²) in [7, 11) is 0. The summed E-state index contributed by atoms with van der Waals surface area (Å²) in [5.41, 5.74) is 1.28. The molecule has 1 aliphatic heterocycles. The number of nitrogens with zero attached hydrogens (tertiary/aromatic N) is 1. The minimum absolute atomic E-state index is 0.109. The zero-order valence-electron chi connectivity index (χ0n) is 15.5. The van der Waals surface area contributed by atoms with Crippen molar-refractivity contribution < 1.29 is 10.2 Å². The highest BCUT2D eigenvalue weighted by Crippen LogP contribution is 2.26. The lowest BCUT2D eigenvalue weighted by Gasteiger charge is -2.42. The molecule has 1 heterocycles. The molecule has 0 amide bonds. The van der Waals surface area contributed by atoms with Crippen LogP contribution in [0.4, 0.5) is 0 Å². The number of aliphatic hydroxyl groups is 1. The standard InChI is InChI=1S/C21H34N2O2/c1-16(6-7-17-8-10-19(24)11-9-17)22-18-12-14-23(15-13-18)20-4-2-3-5-21(20)25/h8-11,16,18,20-22,24-25H,2-7,12-15H2,1H3/t16-,20+,21-/m1/s1. The Kier molecular flexibility index (Phi) is 6.74. The quantitative estimate of drug-likeness (QED) is 0.741. The summed E-state index contributed by atoms with van der Waals surface area (Å²) in [6, 6.07) is 9.07. The summed E-state index contributed by atoms with van der Waals surface area (Å²) in [6.45, 7) is 4.51. The summed E-state index contributed by atoms with van der Waals surface area (Å²) in [5, 5.41) is 23.4. The van der Waals surface area contributed by atoms with Gasteiger partial charge in [0.15, 0.2) is 0 Å². The molecule has 0 bridgehead atoms. The predicted octanol–water partition coefficient (Wildman–Crippen LogP) is 3.07. The molecule has 2 fully saturated rings. The van der Waals surface area contributed by atoms with Crippen molar-refractivity contribution >= 4 is 0 Å². The van der Waals surface area contributed by atoms with E-state index in [0.717, 1.165) is 32.4 Å². The van der Waals surface area contributed by atoms with Gasteiger partial charge >= 0.3 is 0 Å². The number of aliphatic hydroxyl groups excluding tert-OH is 1. The van der Waals surface area contributed by atoms with E-state index in [9.17, 15) is 10.2 Å². The molecule has 1 saturated carbocycles. The van der Waals surface area contributed by atoms with E-state index in [1.807, 2.05) is 12.1 Å². The van der Waals surface area contributed by atoms with Crippen LogP contribution >= 0.6 is 0 Å². The van der Waals surface area contributed by atoms with E-state index in [-0.39, 0.29) is 6.10 Å². The van der Waals surface area contributed by atoms with E-state index in [1.165, 1.54) is 37.7 Å². The number of aromatic hydroxyl groups is 1. The highest BCUT2D eigenvalue weighted by Gasteiger charge is 2.31. The van der Waals surface area contributed by atoms with Gasteiger partial charge in [0.25, 0.3) is 0 Å². The molecule has 3 N–H and O–H groups in total. The SMILES string of the molecule is C[C@H](CCc1ccc(O)cc1)NC1CCN([C@H]2CCCC[C@H]2O)CC1. The first kappa shape index (κ1) is 18.7. The highest BCUT2D eigenvalue weighted by atomic mass is 16.3. The number of aryl methyl sites for hydroxylation is 1. The third-order valence-corrected chi connectivity index (χ3v) is 6.02. The Balaban J connectivity index is 1.37. The smallest absolute Gasteiger partial charge is 0.115 e. The summed E-state index contributed by atoms with van der Waals surface area (Å²) in [6.07, 6.45) is 9.04. The van der Waals surface area contributed by atoms with Crippen LogP contribution in [0.25, 0.3) is 0 Å². The number of phenols is 1. The molecule has 1 aromatic rings. The average Bonchev–Trinajstić information content (AvgIpc) is 2.62. The fourth-order valence-electron chi connectivity index (χ4n) is 4.45. The van der Waals surface area contributed by atoms with Crippen LogP contribution < -0.4 is 5.32 Å². The van der Waals surface area contributed by atoms with Gasteiger partial charge in [0.1, 0.15) is 5.75 Å². The van der Waals surface area contributed by atoms with Gasteiger partial charge in [-0.2, -0.15) is 0 Å².